The number of hydrogen-bond acceptors (Lipinski definition) is 5. The smallest absolute Gasteiger partial charge is 0.262 e. The Bertz CT molecular complexity index is 1380. The Morgan fingerprint density at radius 3 is 2.56 bits per heavy atom. The summed E-state index contributed by atoms with van der Waals surface area (Å²) in [5.74, 6) is 0.186. The Morgan fingerprint density at radius 1 is 1.00 bits per heavy atom. The van der Waals surface area contributed by atoms with Gasteiger partial charge in [-0.2, -0.15) is 5.10 Å². The first-order chi connectivity index (χ1) is 16.4. The number of hydrogen-bond donors (Lipinski definition) is 2. The molecule has 34 heavy (non-hydrogen) atoms. The lowest BCUT2D eigenvalue weighted by Gasteiger charge is -2.12. The summed E-state index contributed by atoms with van der Waals surface area (Å²) >= 11 is 0. The van der Waals surface area contributed by atoms with Gasteiger partial charge >= 0.3 is 0 Å². The van der Waals surface area contributed by atoms with Crippen LogP contribution < -0.4 is 14.8 Å². The van der Waals surface area contributed by atoms with Crippen molar-refractivity contribution in [3.8, 4) is 11.4 Å². The van der Waals surface area contributed by atoms with Crippen molar-refractivity contribution in [3.05, 3.63) is 96.8 Å². The molecule has 0 saturated heterocycles. The zero-order chi connectivity index (χ0) is 24.0. The summed E-state index contributed by atoms with van der Waals surface area (Å²) in [6.07, 6.45) is 4.36. The monoisotopic (exact) mass is 476 g/mol. The first-order valence-electron chi connectivity index (χ1n) is 10.6. The van der Waals surface area contributed by atoms with Gasteiger partial charge in [-0.1, -0.05) is 36.4 Å². The number of ether oxygens (including phenoxy) is 1. The topological polar surface area (TPSA) is 102 Å². The van der Waals surface area contributed by atoms with E-state index in [-0.39, 0.29) is 17.2 Å². The van der Waals surface area contributed by atoms with Gasteiger partial charge in [0.2, 0.25) is 5.91 Å². The predicted octanol–water partition coefficient (Wildman–Crippen LogP) is 4.25. The van der Waals surface area contributed by atoms with Crippen LogP contribution in [0.4, 0.5) is 11.4 Å². The number of para-hydroxylation sites is 3. The number of rotatable bonds is 9. The first kappa shape index (κ1) is 23.1. The molecule has 9 heteroatoms. The van der Waals surface area contributed by atoms with Crippen LogP contribution in [-0.4, -0.2) is 31.2 Å². The van der Waals surface area contributed by atoms with Crippen LogP contribution in [0.3, 0.4) is 0 Å². The Balaban J connectivity index is 1.38. The quantitative estimate of drug-likeness (QED) is 0.376. The summed E-state index contributed by atoms with van der Waals surface area (Å²) in [5, 5.41) is 7.10. The fraction of sp³-hybridized carbons (Fsp3) is 0.120. The molecule has 0 aliphatic heterocycles. The van der Waals surface area contributed by atoms with Crippen molar-refractivity contribution in [2.75, 3.05) is 17.1 Å². The molecule has 0 radical (unpaired) electrons. The van der Waals surface area contributed by atoms with Crippen LogP contribution in [0.5, 0.6) is 5.75 Å². The second kappa shape index (κ2) is 10.2. The number of carbonyl (C=O) groups excluding carboxylic acids is 1. The SMILES string of the molecule is COc1ccccc1NS(=O)(=O)c1cccc(NC(=O)CCc2cnn(-c3ccccc3)c2)c1. The average Bonchev–Trinajstić information content (AvgIpc) is 3.33. The van der Waals surface area contributed by atoms with E-state index in [4.69, 9.17) is 4.74 Å². The van der Waals surface area contributed by atoms with Crippen molar-refractivity contribution in [3.63, 3.8) is 0 Å². The third-order valence-corrected chi connectivity index (χ3v) is 6.44. The highest BCUT2D eigenvalue weighted by molar-refractivity contribution is 7.92. The molecule has 0 unspecified atom stereocenters. The maximum atomic E-state index is 12.8. The third-order valence-electron chi connectivity index (χ3n) is 5.08. The molecule has 3 aromatic carbocycles. The van der Waals surface area contributed by atoms with Crippen LogP contribution >= 0.6 is 0 Å². The minimum absolute atomic E-state index is 0.0281. The van der Waals surface area contributed by atoms with E-state index in [2.05, 4.69) is 15.1 Å². The van der Waals surface area contributed by atoms with Gasteiger partial charge in [-0.15, -0.1) is 0 Å². The number of aryl methyl sites for hydroxylation is 1. The van der Waals surface area contributed by atoms with E-state index in [1.807, 2.05) is 36.5 Å². The molecule has 4 aromatic rings. The average molecular weight is 477 g/mol. The van der Waals surface area contributed by atoms with Crippen LogP contribution in [0.2, 0.25) is 0 Å². The normalized spacial score (nSPS) is 11.1. The summed E-state index contributed by atoms with van der Waals surface area (Å²) in [6.45, 7) is 0. The summed E-state index contributed by atoms with van der Waals surface area (Å²) in [5.41, 5.74) is 2.60. The van der Waals surface area contributed by atoms with Gasteiger partial charge in [0.25, 0.3) is 10.0 Å². The van der Waals surface area contributed by atoms with E-state index < -0.39 is 10.0 Å². The molecular formula is C25H24N4O4S. The minimum Gasteiger partial charge on any atom is -0.495 e. The van der Waals surface area contributed by atoms with Gasteiger partial charge in [-0.05, 0) is 54.4 Å². The predicted molar refractivity (Wildman–Crippen MR) is 131 cm³/mol. The zero-order valence-electron chi connectivity index (χ0n) is 18.5. The van der Waals surface area contributed by atoms with Crippen molar-refractivity contribution < 1.29 is 17.9 Å². The van der Waals surface area contributed by atoms with Crippen LogP contribution in [0.15, 0.2) is 96.2 Å². The van der Waals surface area contributed by atoms with Crippen LogP contribution in [0, 0.1) is 0 Å². The molecule has 174 valence electrons. The molecule has 8 nitrogen and oxygen atoms in total. The molecule has 0 spiro atoms. The van der Waals surface area contributed by atoms with Gasteiger partial charge in [0.1, 0.15) is 5.75 Å². The van der Waals surface area contributed by atoms with E-state index in [0.29, 0.717) is 23.5 Å². The Morgan fingerprint density at radius 2 is 1.76 bits per heavy atom. The van der Waals surface area contributed by atoms with Crippen molar-refractivity contribution >= 4 is 27.3 Å². The number of aromatic nitrogens is 2. The third kappa shape index (κ3) is 5.62. The number of anilines is 2. The van der Waals surface area contributed by atoms with E-state index in [1.165, 1.54) is 19.2 Å². The number of amides is 1. The fourth-order valence-corrected chi connectivity index (χ4v) is 4.48. The van der Waals surface area contributed by atoms with Crippen LogP contribution in [0.25, 0.3) is 5.69 Å². The van der Waals surface area contributed by atoms with Gasteiger partial charge in [0.05, 0.1) is 29.6 Å². The van der Waals surface area contributed by atoms with Gasteiger partial charge < -0.3 is 10.1 Å². The van der Waals surface area contributed by atoms with E-state index in [0.717, 1.165) is 11.3 Å². The summed E-state index contributed by atoms with van der Waals surface area (Å²) < 4.78 is 35.2. The summed E-state index contributed by atoms with van der Waals surface area (Å²) in [7, 11) is -2.41. The fourth-order valence-electron chi connectivity index (χ4n) is 3.37. The maximum Gasteiger partial charge on any atom is 0.262 e. The lowest BCUT2D eigenvalue weighted by atomic mass is 10.2. The van der Waals surface area contributed by atoms with Crippen molar-refractivity contribution in [2.24, 2.45) is 0 Å². The molecule has 0 atom stereocenters. The lowest BCUT2D eigenvalue weighted by Crippen LogP contribution is -2.15. The molecule has 4 rings (SSSR count). The molecule has 2 N–H and O–H groups in total. The molecule has 1 aromatic heterocycles. The Hall–Kier alpha value is -4.11. The molecule has 0 aliphatic rings. The standard InChI is InChI=1S/C25H24N4O4S/c1-33-24-13-6-5-12-23(24)28-34(31,32)22-11-7-8-20(16-22)27-25(30)15-14-19-17-26-29(18-19)21-9-3-2-4-10-21/h2-13,16-18,28H,14-15H2,1H3,(H,27,30). The lowest BCUT2D eigenvalue weighted by molar-refractivity contribution is -0.116. The molecule has 0 saturated carbocycles. The molecule has 0 fully saturated rings. The molecule has 0 bridgehead atoms. The highest BCUT2D eigenvalue weighted by atomic mass is 32.2. The van der Waals surface area contributed by atoms with E-state index in [1.54, 1.807) is 47.3 Å². The summed E-state index contributed by atoms with van der Waals surface area (Å²) in [6, 6.07) is 22.6. The number of nitrogens with one attached hydrogen (secondary N) is 2. The molecular weight excluding hydrogens is 452 g/mol. The molecule has 1 amide bonds. The number of carbonyl (C=O) groups is 1. The first-order valence-corrected chi connectivity index (χ1v) is 12.1. The molecule has 0 aliphatic carbocycles. The van der Waals surface area contributed by atoms with Gasteiger partial charge in [0, 0.05) is 18.3 Å². The summed E-state index contributed by atoms with van der Waals surface area (Å²) in [4.78, 5) is 12.5. The second-order valence-corrected chi connectivity index (χ2v) is 9.19. The second-order valence-electron chi connectivity index (χ2n) is 7.51. The van der Waals surface area contributed by atoms with Crippen LogP contribution in [0.1, 0.15) is 12.0 Å². The zero-order valence-corrected chi connectivity index (χ0v) is 19.3. The van der Waals surface area contributed by atoms with Gasteiger partial charge in [-0.3, -0.25) is 9.52 Å². The Kier molecular flexibility index (Phi) is 6.93. The van der Waals surface area contributed by atoms with E-state index >= 15 is 0 Å². The number of sulfonamides is 1. The van der Waals surface area contributed by atoms with Crippen molar-refractivity contribution in [2.45, 2.75) is 17.7 Å². The minimum atomic E-state index is -3.88. The van der Waals surface area contributed by atoms with Gasteiger partial charge in [-0.25, -0.2) is 13.1 Å². The van der Waals surface area contributed by atoms with Crippen molar-refractivity contribution in [1.29, 1.82) is 0 Å². The maximum absolute atomic E-state index is 12.8. The van der Waals surface area contributed by atoms with E-state index in [9.17, 15) is 13.2 Å². The highest BCUT2D eigenvalue weighted by Crippen LogP contribution is 2.27. The molecule has 1 heterocycles. The number of benzene rings is 3. The van der Waals surface area contributed by atoms with Gasteiger partial charge in [0.15, 0.2) is 0 Å². The number of nitrogens with zero attached hydrogens (tertiary/aromatic N) is 2. The Labute approximate surface area is 198 Å². The highest BCUT2D eigenvalue weighted by Gasteiger charge is 2.17. The largest absolute Gasteiger partial charge is 0.495 e. The van der Waals surface area contributed by atoms with Crippen molar-refractivity contribution in [1.82, 2.24) is 9.78 Å². The number of methoxy groups -OCH3 is 1. The van der Waals surface area contributed by atoms with Crippen LogP contribution in [-0.2, 0) is 21.2 Å².